The van der Waals surface area contributed by atoms with Crippen LogP contribution in [0.1, 0.15) is 63.0 Å². The van der Waals surface area contributed by atoms with E-state index in [4.69, 9.17) is 4.74 Å². The number of benzene rings is 2. The fraction of sp³-hybridized carbons (Fsp3) is 0.400. The molecule has 2 atom stereocenters. The molecule has 0 radical (unpaired) electrons. The molecular weight excluding hydrogens is 348 g/mol. The molecule has 1 N–H and O–H groups in total. The van der Waals surface area contributed by atoms with E-state index in [1.165, 1.54) is 5.56 Å². The predicted molar refractivity (Wildman–Crippen MR) is 112 cm³/mol. The summed E-state index contributed by atoms with van der Waals surface area (Å²) in [7, 11) is 0. The molecule has 1 aliphatic rings. The summed E-state index contributed by atoms with van der Waals surface area (Å²) < 4.78 is 6.07. The summed E-state index contributed by atoms with van der Waals surface area (Å²) in [6.45, 7) is 4.13. The Hall–Kier alpha value is -2.55. The molecule has 0 fully saturated rings. The number of hydrogen-bond acceptors (Lipinski definition) is 3. The van der Waals surface area contributed by atoms with E-state index in [0.29, 0.717) is 12.0 Å². The van der Waals surface area contributed by atoms with E-state index in [1.54, 1.807) is 0 Å². The van der Waals surface area contributed by atoms with Crippen molar-refractivity contribution < 1.29 is 14.6 Å². The van der Waals surface area contributed by atoms with Crippen molar-refractivity contribution in [1.82, 2.24) is 0 Å². The zero-order valence-electron chi connectivity index (χ0n) is 16.9. The van der Waals surface area contributed by atoms with Gasteiger partial charge in [0.05, 0.1) is 5.57 Å². The lowest BCUT2D eigenvalue weighted by atomic mass is 9.80. The molecule has 0 spiro atoms. The lowest BCUT2D eigenvalue weighted by molar-refractivity contribution is -0.161. The summed E-state index contributed by atoms with van der Waals surface area (Å²) in [6.07, 6.45) is 4.34. The van der Waals surface area contributed by atoms with E-state index < -0.39 is 5.60 Å². The summed E-state index contributed by atoms with van der Waals surface area (Å²) >= 11 is 0. The number of cyclic esters (lactones) is 1. The molecule has 0 saturated carbocycles. The van der Waals surface area contributed by atoms with Crippen molar-refractivity contribution in [3.8, 4) is 0 Å². The van der Waals surface area contributed by atoms with E-state index in [9.17, 15) is 9.90 Å². The number of carbonyl (C=O) groups excluding carboxylic acids is 1. The molecule has 2 aromatic carbocycles. The van der Waals surface area contributed by atoms with Gasteiger partial charge in [-0.15, -0.1) is 0 Å². The Morgan fingerprint density at radius 3 is 2.21 bits per heavy atom. The Bertz CT molecular complexity index is 810. The molecule has 1 heterocycles. The van der Waals surface area contributed by atoms with Crippen LogP contribution in [0, 0.1) is 0 Å². The highest BCUT2D eigenvalue weighted by Gasteiger charge is 2.43. The summed E-state index contributed by atoms with van der Waals surface area (Å²) in [4.78, 5) is 13.0. The van der Waals surface area contributed by atoms with Crippen LogP contribution in [-0.4, -0.2) is 16.7 Å². The highest BCUT2D eigenvalue weighted by Crippen LogP contribution is 2.41. The third-order valence-corrected chi connectivity index (χ3v) is 5.71. The monoisotopic (exact) mass is 378 g/mol. The summed E-state index contributed by atoms with van der Waals surface area (Å²) in [5.41, 5.74) is 2.07. The fourth-order valence-electron chi connectivity index (χ4n) is 4.32. The molecule has 0 aliphatic carbocycles. The molecule has 0 saturated heterocycles. The standard InChI is InChI=1S/C25H30O3/c1-3-16-25(17-15-19-11-7-5-8-12-19)18-22(26)23(24(27)28-25)21(4-2)20-13-9-6-10-14-20/h5-14,21,26H,3-4,15-18H2,1-2H3. The smallest absolute Gasteiger partial charge is 0.338 e. The SMILES string of the molecule is CCCC1(CCc2ccccc2)CC(O)=C(C(CC)c2ccccc2)C(=O)O1. The third kappa shape index (κ3) is 4.46. The lowest BCUT2D eigenvalue weighted by Crippen LogP contribution is -2.41. The summed E-state index contributed by atoms with van der Waals surface area (Å²) in [5.74, 6) is -0.295. The van der Waals surface area contributed by atoms with E-state index in [1.807, 2.05) is 55.5 Å². The Morgan fingerprint density at radius 2 is 1.64 bits per heavy atom. The third-order valence-electron chi connectivity index (χ3n) is 5.71. The highest BCUT2D eigenvalue weighted by molar-refractivity contribution is 5.92. The average Bonchev–Trinajstić information content (AvgIpc) is 2.71. The van der Waals surface area contributed by atoms with Crippen molar-refractivity contribution >= 4 is 5.97 Å². The number of ether oxygens (including phenoxy) is 1. The second-order valence-electron chi connectivity index (χ2n) is 7.72. The minimum atomic E-state index is -0.621. The zero-order chi connectivity index (χ0) is 20.0. The van der Waals surface area contributed by atoms with Crippen molar-refractivity contribution in [2.75, 3.05) is 0 Å². The van der Waals surface area contributed by atoms with Crippen LogP contribution < -0.4 is 0 Å². The number of esters is 1. The fourth-order valence-corrected chi connectivity index (χ4v) is 4.32. The van der Waals surface area contributed by atoms with Crippen molar-refractivity contribution in [3.63, 3.8) is 0 Å². The van der Waals surface area contributed by atoms with Gasteiger partial charge in [-0.3, -0.25) is 0 Å². The van der Waals surface area contributed by atoms with Gasteiger partial charge in [0.1, 0.15) is 11.4 Å². The van der Waals surface area contributed by atoms with Crippen LogP contribution in [0.3, 0.4) is 0 Å². The van der Waals surface area contributed by atoms with Crippen LogP contribution in [0.5, 0.6) is 0 Å². The van der Waals surface area contributed by atoms with Crippen molar-refractivity contribution in [1.29, 1.82) is 0 Å². The van der Waals surface area contributed by atoms with Gasteiger partial charge in [0.15, 0.2) is 0 Å². The molecule has 148 valence electrons. The van der Waals surface area contributed by atoms with Gasteiger partial charge >= 0.3 is 5.97 Å². The van der Waals surface area contributed by atoms with E-state index in [2.05, 4.69) is 19.1 Å². The molecule has 2 unspecified atom stereocenters. The van der Waals surface area contributed by atoms with Gasteiger partial charge in [-0.25, -0.2) is 4.79 Å². The van der Waals surface area contributed by atoms with E-state index in [0.717, 1.165) is 37.7 Å². The Labute approximate surface area is 168 Å². The second kappa shape index (κ2) is 9.09. The first kappa shape index (κ1) is 20.2. The molecule has 0 bridgehead atoms. The Morgan fingerprint density at radius 1 is 1.00 bits per heavy atom. The maximum atomic E-state index is 13.0. The molecule has 2 aromatic rings. The topological polar surface area (TPSA) is 46.5 Å². The predicted octanol–water partition coefficient (Wildman–Crippen LogP) is 6.11. The molecule has 1 aliphatic heterocycles. The first-order chi connectivity index (χ1) is 13.6. The van der Waals surface area contributed by atoms with Gasteiger partial charge in [0.25, 0.3) is 0 Å². The second-order valence-corrected chi connectivity index (χ2v) is 7.72. The maximum Gasteiger partial charge on any atom is 0.338 e. The Balaban J connectivity index is 1.86. The zero-order valence-corrected chi connectivity index (χ0v) is 16.9. The van der Waals surface area contributed by atoms with E-state index in [-0.39, 0.29) is 17.6 Å². The maximum absolute atomic E-state index is 13.0. The Kier molecular flexibility index (Phi) is 6.56. The molecule has 3 rings (SSSR count). The number of aliphatic hydroxyl groups is 1. The summed E-state index contributed by atoms with van der Waals surface area (Å²) in [5, 5.41) is 10.9. The van der Waals surface area contributed by atoms with Crippen LogP contribution >= 0.6 is 0 Å². The minimum Gasteiger partial charge on any atom is -0.512 e. The largest absolute Gasteiger partial charge is 0.512 e. The minimum absolute atomic E-state index is 0.137. The molecular formula is C25H30O3. The van der Waals surface area contributed by atoms with Crippen molar-refractivity contribution in [2.24, 2.45) is 0 Å². The van der Waals surface area contributed by atoms with Gasteiger partial charge in [0, 0.05) is 12.3 Å². The molecule has 3 nitrogen and oxygen atoms in total. The quantitative estimate of drug-likeness (QED) is 0.564. The molecule has 3 heteroatoms. The normalized spacial score (nSPS) is 20.7. The van der Waals surface area contributed by atoms with Gasteiger partial charge in [-0.1, -0.05) is 80.9 Å². The van der Waals surface area contributed by atoms with Crippen LogP contribution in [0.4, 0.5) is 0 Å². The van der Waals surface area contributed by atoms with Crippen LogP contribution in [-0.2, 0) is 16.0 Å². The van der Waals surface area contributed by atoms with Gasteiger partial charge in [0.2, 0.25) is 0 Å². The van der Waals surface area contributed by atoms with Crippen molar-refractivity contribution in [3.05, 3.63) is 83.1 Å². The van der Waals surface area contributed by atoms with Crippen LogP contribution in [0.2, 0.25) is 0 Å². The molecule has 0 amide bonds. The number of aliphatic hydroxyl groups excluding tert-OH is 1. The van der Waals surface area contributed by atoms with E-state index >= 15 is 0 Å². The van der Waals surface area contributed by atoms with Crippen molar-refractivity contribution in [2.45, 2.75) is 63.9 Å². The average molecular weight is 379 g/mol. The lowest BCUT2D eigenvalue weighted by Gasteiger charge is -2.38. The highest BCUT2D eigenvalue weighted by atomic mass is 16.6. The van der Waals surface area contributed by atoms with Crippen LogP contribution in [0.15, 0.2) is 72.0 Å². The number of carbonyl (C=O) groups is 1. The van der Waals surface area contributed by atoms with Gasteiger partial charge in [-0.2, -0.15) is 0 Å². The number of aryl methyl sites for hydroxylation is 1. The first-order valence-corrected chi connectivity index (χ1v) is 10.3. The van der Waals surface area contributed by atoms with Crippen LogP contribution in [0.25, 0.3) is 0 Å². The first-order valence-electron chi connectivity index (χ1n) is 10.3. The molecule has 0 aromatic heterocycles. The summed E-state index contributed by atoms with van der Waals surface area (Å²) in [6, 6.07) is 20.1. The van der Waals surface area contributed by atoms with Gasteiger partial charge in [-0.05, 0) is 36.8 Å². The van der Waals surface area contributed by atoms with Gasteiger partial charge < -0.3 is 9.84 Å². The molecule has 28 heavy (non-hydrogen) atoms. The number of hydrogen-bond donors (Lipinski definition) is 1. The number of rotatable bonds is 8.